The molecule has 2 saturated carbocycles. The van der Waals surface area contributed by atoms with Crippen molar-refractivity contribution in [1.29, 1.82) is 0 Å². The SMILES string of the molecule is O=S(=O)(N[C@H]1C[C@H]2CC[C@H]1C2)c1ccc2ccccc2c1. The Bertz CT molecular complexity index is 784. The van der Waals surface area contributed by atoms with E-state index in [9.17, 15) is 8.42 Å². The zero-order chi connectivity index (χ0) is 14.4. The van der Waals surface area contributed by atoms with E-state index in [1.807, 2.05) is 30.3 Å². The average Bonchev–Trinajstić information content (AvgIpc) is 3.09. The Balaban J connectivity index is 1.63. The van der Waals surface area contributed by atoms with Crippen LogP contribution in [0.2, 0.25) is 0 Å². The van der Waals surface area contributed by atoms with E-state index in [4.69, 9.17) is 0 Å². The summed E-state index contributed by atoms with van der Waals surface area (Å²) in [5.41, 5.74) is 0. The van der Waals surface area contributed by atoms with E-state index in [0.29, 0.717) is 10.8 Å². The van der Waals surface area contributed by atoms with E-state index in [2.05, 4.69) is 4.72 Å². The molecule has 0 amide bonds. The van der Waals surface area contributed by atoms with Gasteiger partial charge in [0, 0.05) is 6.04 Å². The van der Waals surface area contributed by atoms with Gasteiger partial charge >= 0.3 is 0 Å². The van der Waals surface area contributed by atoms with Gasteiger partial charge in [0.1, 0.15) is 0 Å². The number of benzene rings is 2. The van der Waals surface area contributed by atoms with Crippen LogP contribution >= 0.6 is 0 Å². The minimum absolute atomic E-state index is 0.139. The molecule has 2 fully saturated rings. The predicted octanol–water partition coefficient (Wildman–Crippen LogP) is 3.31. The molecule has 1 N–H and O–H groups in total. The van der Waals surface area contributed by atoms with Crippen molar-refractivity contribution in [2.75, 3.05) is 0 Å². The van der Waals surface area contributed by atoms with Gasteiger partial charge in [0.2, 0.25) is 10.0 Å². The minimum Gasteiger partial charge on any atom is -0.208 e. The molecular weight excluding hydrogens is 282 g/mol. The first-order valence-electron chi connectivity index (χ1n) is 7.63. The van der Waals surface area contributed by atoms with Gasteiger partial charge in [-0.15, -0.1) is 0 Å². The second kappa shape index (κ2) is 4.82. The van der Waals surface area contributed by atoms with Crippen molar-refractivity contribution in [3.05, 3.63) is 42.5 Å². The summed E-state index contributed by atoms with van der Waals surface area (Å²) in [6, 6.07) is 13.3. The molecule has 2 aromatic carbocycles. The van der Waals surface area contributed by atoms with Crippen LogP contribution in [0.1, 0.15) is 25.7 Å². The molecule has 0 aromatic heterocycles. The van der Waals surface area contributed by atoms with E-state index in [-0.39, 0.29) is 6.04 Å². The van der Waals surface area contributed by atoms with Gasteiger partial charge in [-0.3, -0.25) is 0 Å². The first kappa shape index (κ1) is 13.3. The van der Waals surface area contributed by atoms with Gasteiger partial charge in [-0.25, -0.2) is 13.1 Å². The summed E-state index contributed by atoms with van der Waals surface area (Å²) < 4.78 is 28.1. The maximum absolute atomic E-state index is 12.6. The molecule has 2 aliphatic rings. The lowest BCUT2D eigenvalue weighted by molar-refractivity contribution is 0.390. The van der Waals surface area contributed by atoms with Crippen molar-refractivity contribution in [3.8, 4) is 0 Å². The summed E-state index contributed by atoms with van der Waals surface area (Å²) in [6.45, 7) is 0. The van der Waals surface area contributed by atoms with Crippen LogP contribution in [0.3, 0.4) is 0 Å². The Morgan fingerprint density at radius 2 is 1.76 bits per heavy atom. The van der Waals surface area contributed by atoms with Crippen molar-refractivity contribution < 1.29 is 8.42 Å². The highest BCUT2D eigenvalue weighted by Gasteiger charge is 2.41. The summed E-state index contributed by atoms with van der Waals surface area (Å²) in [5, 5.41) is 2.03. The van der Waals surface area contributed by atoms with E-state index in [1.165, 1.54) is 19.3 Å². The largest absolute Gasteiger partial charge is 0.240 e. The van der Waals surface area contributed by atoms with Gasteiger partial charge in [-0.1, -0.05) is 36.8 Å². The highest BCUT2D eigenvalue weighted by molar-refractivity contribution is 7.89. The Hall–Kier alpha value is -1.39. The summed E-state index contributed by atoms with van der Waals surface area (Å²) in [7, 11) is -3.41. The van der Waals surface area contributed by atoms with Gasteiger partial charge in [0.25, 0.3) is 0 Å². The molecule has 2 aromatic rings. The van der Waals surface area contributed by atoms with Crippen molar-refractivity contribution in [2.24, 2.45) is 11.8 Å². The molecule has 3 atom stereocenters. The van der Waals surface area contributed by atoms with Crippen LogP contribution in [-0.4, -0.2) is 14.5 Å². The third kappa shape index (κ3) is 2.36. The van der Waals surface area contributed by atoms with E-state index in [1.54, 1.807) is 12.1 Å². The first-order valence-corrected chi connectivity index (χ1v) is 9.11. The number of hydrogen-bond donors (Lipinski definition) is 1. The summed E-state index contributed by atoms with van der Waals surface area (Å²) >= 11 is 0. The molecule has 0 heterocycles. The Labute approximate surface area is 125 Å². The van der Waals surface area contributed by atoms with Crippen LogP contribution in [0.4, 0.5) is 0 Å². The molecule has 0 spiro atoms. The van der Waals surface area contributed by atoms with Crippen molar-refractivity contribution in [3.63, 3.8) is 0 Å². The Kier molecular flexibility index (Phi) is 3.05. The van der Waals surface area contributed by atoms with Crippen LogP contribution in [0.25, 0.3) is 10.8 Å². The van der Waals surface area contributed by atoms with Crippen LogP contribution in [0, 0.1) is 11.8 Å². The molecule has 3 nitrogen and oxygen atoms in total. The molecule has 2 aliphatic carbocycles. The van der Waals surface area contributed by atoms with Crippen LogP contribution < -0.4 is 4.72 Å². The van der Waals surface area contributed by atoms with Gasteiger partial charge in [-0.05, 0) is 54.0 Å². The number of sulfonamides is 1. The third-order valence-corrected chi connectivity index (χ3v) is 6.56. The maximum Gasteiger partial charge on any atom is 0.240 e. The molecule has 4 heteroatoms. The van der Waals surface area contributed by atoms with Crippen LogP contribution in [-0.2, 0) is 10.0 Å². The predicted molar refractivity (Wildman–Crippen MR) is 83.5 cm³/mol. The van der Waals surface area contributed by atoms with Crippen LogP contribution in [0.5, 0.6) is 0 Å². The van der Waals surface area contributed by atoms with E-state index in [0.717, 1.165) is 23.1 Å². The fourth-order valence-electron chi connectivity index (χ4n) is 3.99. The monoisotopic (exact) mass is 301 g/mol. The molecule has 110 valence electrons. The molecule has 2 bridgehead atoms. The van der Waals surface area contributed by atoms with E-state index >= 15 is 0 Å². The smallest absolute Gasteiger partial charge is 0.208 e. The van der Waals surface area contributed by atoms with Crippen molar-refractivity contribution in [1.82, 2.24) is 4.72 Å². The number of hydrogen-bond acceptors (Lipinski definition) is 2. The van der Waals surface area contributed by atoms with Gasteiger partial charge in [0.05, 0.1) is 4.90 Å². The van der Waals surface area contributed by atoms with Crippen molar-refractivity contribution in [2.45, 2.75) is 36.6 Å². The fraction of sp³-hybridized carbons (Fsp3) is 0.412. The topological polar surface area (TPSA) is 46.2 Å². The fourth-order valence-corrected chi connectivity index (χ4v) is 5.34. The number of nitrogens with one attached hydrogen (secondary N) is 1. The molecule has 0 unspecified atom stereocenters. The lowest BCUT2D eigenvalue weighted by atomic mass is 9.96. The third-order valence-electron chi connectivity index (χ3n) is 5.08. The maximum atomic E-state index is 12.6. The number of fused-ring (bicyclic) bond motifs is 3. The van der Waals surface area contributed by atoms with Crippen molar-refractivity contribution >= 4 is 20.8 Å². The minimum atomic E-state index is -3.41. The zero-order valence-corrected chi connectivity index (χ0v) is 12.6. The highest BCUT2D eigenvalue weighted by Crippen LogP contribution is 2.44. The van der Waals surface area contributed by atoms with Gasteiger partial charge in [-0.2, -0.15) is 0 Å². The molecule has 0 aliphatic heterocycles. The second-order valence-corrected chi connectivity index (χ2v) is 8.13. The quantitative estimate of drug-likeness (QED) is 0.945. The molecule has 4 rings (SSSR count). The normalized spacial score (nSPS) is 28.3. The number of rotatable bonds is 3. The summed E-state index contributed by atoms with van der Waals surface area (Å²) in [4.78, 5) is 0.379. The first-order chi connectivity index (χ1) is 10.1. The summed E-state index contributed by atoms with van der Waals surface area (Å²) in [5.74, 6) is 1.28. The van der Waals surface area contributed by atoms with Gasteiger partial charge < -0.3 is 0 Å². The highest BCUT2D eigenvalue weighted by atomic mass is 32.2. The molecular formula is C17H19NO2S. The Morgan fingerprint density at radius 1 is 0.952 bits per heavy atom. The standard InChI is InChI=1S/C17H19NO2S/c19-21(20,18-17-10-12-5-6-15(17)9-12)16-8-7-13-3-1-2-4-14(13)11-16/h1-4,7-8,11-12,15,17-18H,5-6,9-10H2/t12-,15-,17-/m0/s1. The Morgan fingerprint density at radius 3 is 2.48 bits per heavy atom. The lowest BCUT2D eigenvalue weighted by Gasteiger charge is -2.22. The molecule has 21 heavy (non-hydrogen) atoms. The molecule has 0 saturated heterocycles. The van der Waals surface area contributed by atoms with E-state index < -0.39 is 10.0 Å². The van der Waals surface area contributed by atoms with Gasteiger partial charge in [0.15, 0.2) is 0 Å². The summed E-state index contributed by atoms with van der Waals surface area (Å²) in [6.07, 6.45) is 4.66. The second-order valence-electron chi connectivity index (χ2n) is 6.41. The zero-order valence-electron chi connectivity index (χ0n) is 11.8. The molecule has 0 radical (unpaired) electrons. The average molecular weight is 301 g/mol. The lowest BCUT2D eigenvalue weighted by Crippen LogP contribution is -2.38. The van der Waals surface area contributed by atoms with Crippen LogP contribution in [0.15, 0.2) is 47.4 Å².